The zero-order valence-electron chi connectivity index (χ0n) is 17.3. The van der Waals surface area contributed by atoms with Gasteiger partial charge in [-0.05, 0) is 42.5 Å². The summed E-state index contributed by atoms with van der Waals surface area (Å²) in [4.78, 5) is 4.63. The highest BCUT2D eigenvalue weighted by molar-refractivity contribution is 9.10. The molecule has 2 heterocycles. The van der Waals surface area contributed by atoms with Gasteiger partial charge in [-0.3, -0.25) is 5.43 Å². The Morgan fingerprint density at radius 3 is 2.52 bits per heavy atom. The van der Waals surface area contributed by atoms with Gasteiger partial charge in [0.2, 0.25) is 5.13 Å². The minimum atomic E-state index is 0.211. The number of aromatic hydroxyl groups is 1. The van der Waals surface area contributed by atoms with Crippen LogP contribution in [0.5, 0.6) is 5.75 Å². The van der Waals surface area contributed by atoms with Gasteiger partial charge in [-0.1, -0.05) is 52.3 Å². The van der Waals surface area contributed by atoms with E-state index in [1.54, 1.807) is 18.3 Å². The van der Waals surface area contributed by atoms with E-state index in [9.17, 15) is 5.11 Å². The largest absolute Gasteiger partial charge is 0.508 e. The van der Waals surface area contributed by atoms with Crippen LogP contribution in [0.2, 0.25) is 0 Å². The van der Waals surface area contributed by atoms with Gasteiger partial charge in [-0.2, -0.15) is 10.2 Å². The van der Waals surface area contributed by atoms with Gasteiger partial charge in [-0.15, -0.1) is 11.3 Å². The van der Waals surface area contributed by atoms with Crippen LogP contribution in [0, 0.1) is 0 Å². The molecule has 33 heavy (non-hydrogen) atoms. The quantitative estimate of drug-likeness (QED) is 0.198. The smallest absolute Gasteiger partial charge is 0.203 e. The molecular formula is C25H18BrN5OS. The van der Waals surface area contributed by atoms with E-state index >= 15 is 0 Å². The van der Waals surface area contributed by atoms with Crippen LogP contribution in [0.1, 0.15) is 5.56 Å². The van der Waals surface area contributed by atoms with Gasteiger partial charge in [0.1, 0.15) is 11.4 Å². The highest BCUT2D eigenvalue weighted by Crippen LogP contribution is 2.30. The first-order valence-corrected chi connectivity index (χ1v) is 11.8. The Kier molecular flexibility index (Phi) is 6.01. The summed E-state index contributed by atoms with van der Waals surface area (Å²) in [7, 11) is 0. The Bertz CT molecular complexity index is 1410. The minimum Gasteiger partial charge on any atom is -0.508 e. The molecule has 6 nitrogen and oxygen atoms in total. The highest BCUT2D eigenvalue weighted by atomic mass is 79.9. The Hall–Kier alpha value is -3.75. The zero-order chi connectivity index (χ0) is 22.6. The molecule has 0 radical (unpaired) electrons. The molecule has 0 unspecified atom stereocenters. The first kappa shape index (κ1) is 21.1. The SMILES string of the molecule is Oc1ccc(-c2nn(-c3ccccc3)cc2/C=N/Nc2nc(-c3ccccc3Br)cs2)cc1. The number of rotatable bonds is 6. The first-order chi connectivity index (χ1) is 16.2. The van der Waals surface area contributed by atoms with Crippen molar-refractivity contribution in [1.29, 1.82) is 0 Å². The van der Waals surface area contributed by atoms with Crippen LogP contribution >= 0.6 is 27.3 Å². The van der Waals surface area contributed by atoms with Crippen LogP contribution in [-0.2, 0) is 0 Å². The van der Waals surface area contributed by atoms with Crippen molar-refractivity contribution in [2.75, 3.05) is 5.43 Å². The number of thiazole rings is 1. The van der Waals surface area contributed by atoms with Gasteiger partial charge in [-0.25, -0.2) is 9.67 Å². The number of hydrogen-bond acceptors (Lipinski definition) is 6. The number of benzene rings is 3. The number of nitrogens with one attached hydrogen (secondary N) is 1. The molecule has 0 atom stereocenters. The van der Waals surface area contributed by atoms with Gasteiger partial charge in [0, 0.05) is 32.7 Å². The zero-order valence-corrected chi connectivity index (χ0v) is 19.7. The Balaban J connectivity index is 1.42. The predicted octanol–water partition coefficient (Wildman–Crippen LogP) is 6.58. The average molecular weight is 516 g/mol. The maximum Gasteiger partial charge on any atom is 0.203 e. The normalized spacial score (nSPS) is 11.2. The van der Waals surface area contributed by atoms with Gasteiger partial charge < -0.3 is 5.11 Å². The van der Waals surface area contributed by atoms with Gasteiger partial charge in [0.25, 0.3) is 0 Å². The van der Waals surface area contributed by atoms with Gasteiger partial charge in [0.15, 0.2) is 0 Å². The summed E-state index contributed by atoms with van der Waals surface area (Å²) < 4.78 is 2.81. The predicted molar refractivity (Wildman–Crippen MR) is 137 cm³/mol. The molecule has 0 aliphatic carbocycles. The van der Waals surface area contributed by atoms with E-state index in [1.807, 2.05) is 83.0 Å². The number of anilines is 1. The second-order valence-corrected chi connectivity index (χ2v) is 8.86. The maximum atomic E-state index is 9.65. The maximum absolute atomic E-state index is 9.65. The highest BCUT2D eigenvalue weighted by Gasteiger charge is 2.12. The molecule has 0 saturated heterocycles. The fourth-order valence-corrected chi connectivity index (χ4v) is 4.46. The van der Waals surface area contributed by atoms with Crippen molar-refractivity contribution in [3.05, 3.63) is 100 Å². The van der Waals surface area contributed by atoms with Crippen LogP contribution in [0.15, 0.2) is 100 Å². The molecule has 2 aromatic heterocycles. The number of halogens is 1. The van der Waals surface area contributed by atoms with Crippen molar-refractivity contribution >= 4 is 38.6 Å². The molecule has 5 rings (SSSR count). The van der Waals surface area contributed by atoms with E-state index in [0.717, 1.165) is 38.2 Å². The number of hydrazone groups is 1. The Labute approximate surface area is 203 Å². The molecule has 5 aromatic rings. The third-order valence-corrected chi connectivity index (χ3v) is 6.36. The molecule has 8 heteroatoms. The molecule has 0 fully saturated rings. The lowest BCUT2D eigenvalue weighted by atomic mass is 10.1. The summed E-state index contributed by atoms with van der Waals surface area (Å²) in [5.41, 5.74) is 8.36. The number of aromatic nitrogens is 3. The second-order valence-electron chi connectivity index (χ2n) is 7.15. The fraction of sp³-hybridized carbons (Fsp3) is 0. The first-order valence-electron chi connectivity index (χ1n) is 10.1. The van der Waals surface area contributed by atoms with Crippen molar-refractivity contribution in [3.8, 4) is 34.0 Å². The molecule has 0 saturated carbocycles. The lowest BCUT2D eigenvalue weighted by molar-refractivity contribution is 0.475. The van der Waals surface area contributed by atoms with Crippen LogP contribution < -0.4 is 5.43 Å². The number of para-hydroxylation sites is 1. The van der Waals surface area contributed by atoms with Crippen molar-refractivity contribution in [2.24, 2.45) is 5.10 Å². The van der Waals surface area contributed by atoms with E-state index in [4.69, 9.17) is 5.10 Å². The molecule has 162 valence electrons. The molecule has 0 aliphatic heterocycles. The van der Waals surface area contributed by atoms with E-state index in [2.05, 4.69) is 31.4 Å². The minimum absolute atomic E-state index is 0.211. The molecule has 3 aromatic carbocycles. The molecule has 0 aliphatic rings. The van der Waals surface area contributed by atoms with Gasteiger partial charge >= 0.3 is 0 Å². The van der Waals surface area contributed by atoms with Crippen LogP contribution in [0.25, 0.3) is 28.2 Å². The summed E-state index contributed by atoms with van der Waals surface area (Å²) in [6, 6.07) is 24.8. The topological polar surface area (TPSA) is 75.3 Å². The lowest BCUT2D eigenvalue weighted by Crippen LogP contribution is -1.93. The molecule has 0 amide bonds. The Morgan fingerprint density at radius 2 is 1.73 bits per heavy atom. The summed E-state index contributed by atoms with van der Waals surface area (Å²) in [6.45, 7) is 0. The number of phenols is 1. The van der Waals surface area contributed by atoms with Gasteiger partial charge in [0.05, 0.1) is 17.6 Å². The van der Waals surface area contributed by atoms with Crippen LogP contribution in [0.4, 0.5) is 5.13 Å². The Morgan fingerprint density at radius 1 is 0.970 bits per heavy atom. The summed E-state index contributed by atoms with van der Waals surface area (Å²) in [5, 5.41) is 21.5. The summed E-state index contributed by atoms with van der Waals surface area (Å²) in [5.74, 6) is 0.211. The number of nitrogens with zero attached hydrogens (tertiary/aromatic N) is 4. The third kappa shape index (κ3) is 4.72. The standard InChI is InChI=1S/C25H18BrN5OS/c26-22-9-5-4-8-21(22)23-16-33-25(28-23)29-27-14-18-15-31(19-6-2-1-3-7-19)30-24(18)17-10-12-20(32)13-11-17/h1-16,32H,(H,28,29)/b27-14+. The monoisotopic (exact) mass is 515 g/mol. The summed E-state index contributed by atoms with van der Waals surface area (Å²) >= 11 is 5.06. The van der Waals surface area contributed by atoms with E-state index in [1.165, 1.54) is 11.3 Å². The van der Waals surface area contributed by atoms with Crippen molar-refractivity contribution < 1.29 is 5.11 Å². The van der Waals surface area contributed by atoms with Crippen molar-refractivity contribution in [3.63, 3.8) is 0 Å². The molecular weight excluding hydrogens is 498 g/mol. The molecule has 0 bridgehead atoms. The van der Waals surface area contributed by atoms with E-state index in [0.29, 0.717) is 5.13 Å². The van der Waals surface area contributed by atoms with Crippen LogP contribution in [-0.4, -0.2) is 26.1 Å². The lowest BCUT2D eigenvalue weighted by Gasteiger charge is -2.01. The molecule has 2 N–H and O–H groups in total. The van der Waals surface area contributed by atoms with Crippen molar-refractivity contribution in [2.45, 2.75) is 0 Å². The van der Waals surface area contributed by atoms with E-state index < -0.39 is 0 Å². The average Bonchev–Trinajstić information content (AvgIpc) is 3.48. The molecule has 0 spiro atoms. The second kappa shape index (κ2) is 9.40. The van der Waals surface area contributed by atoms with Crippen molar-refractivity contribution in [1.82, 2.24) is 14.8 Å². The summed E-state index contributed by atoms with van der Waals surface area (Å²) in [6.07, 6.45) is 3.66. The third-order valence-electron chi connectivity index (χ3n) is 4.92. The number of phenolic OH excluding ortho intramolecular Hbond substituents is 1. The number of hydrogen-bond donors (Lipinski definition) is 2. The van der Waals surface area contributed by atoms with Crippen LogP contribution in [0.3, 0.4) is 0 Å². The fourth-order valence-electron chi connectivity index (χ4n) is 3.31. The van der Waals surface area contributed by atoms with E-state index in [-0.39, 0.29) is 5.75 Å².